The molecule has 0 aromatic heterocycles. The summed E-state index contributed by atoms with van der Waals surface area (Å²) in [5.41, 5.74) is 3.31. The van der Waals surface area contributed by atoms with Crippen molar-refractivity contribution in [2.24, 2.45) is 0 Å². The summed E-state index contributed by atoms with van der Waals surface area (Å²) in [6.45, 7) is 12.2. The molecule has 37 heavy (non-hydrogen) atoms. The smallest absolute Gasteiger partial charge is 0.243 e. The Bertz CT molecular complexity index is 1150. The Labute approximate surface area is 223 Å². The third-order valence-corrected chi connectivity index (χ3v) is 7.46. The van der Waals surface area contributed by atoms with Gasteiger partial charge in [-0.05, 0) is 75.8 Å². The van der Waals surface area contributed by atoms with Gasteiger partial charge in [-0.2, -0.15) is 0 Å². The van der Waals surface area contributed by atoms with E-state index in [2.05, 4.69) is 5.32 Å². The van der Waals surface area contributed by atoms with Crippen LogP contribution in [0.15, 0.2) is 48.5 Å². The molecule has 204 valence electrons. The number of nitrogens with zero attached hydrogens (tertiary/aromatic N) is 2. The van der Waals surface area contributed by atoms with Gasteiger partial charge in [-0.25, -0.2) is 8.42 Å². The molecule has 1 unspecified atom stereocenters. The normalized spacial score (nSPS) is 12.6. The average Bonchev–Trinajstić information content (AvgIpc) is 2.81. The van der Waals surface area contributed by atoms with Gasteiger partial charge in [-0.3, -0.25) is 13.9 Å². The number of rotatable bonds is 12. The van der Waals surface area contributed by atoms with Crippen LogP contribution in [0.25, 0.3) is 0 Å². The number of amides is 2. The molecular weight excluding hydrogens is 486 g/mol. The zero-order valence-corrected chi connectivity index (χ0v) is 24.2. The van der Waals surface area contributed by atoms with Crippen LogP contribution in [-0.4, -0.2) is 49.5 Å². The fourth-order valence-electron chi connectivity index (χ4n) is 4.25. The molecule has 2 amide bonds. The molecule has 1 N–H and O–H groups in total. The fourth-order valence-corrected chi connectivity index (χ4v) is 5.21. The maximum absolute atomic E-state index is 13.6. The minimum absolute atomic E-state index is 0.129. The predicted molar refractivity (Wildman–Crippen MR) is 151 cm³/mol. The second-order valence-corrected chi connectivity index (χ2v) is 12.5. The molecule has 0 bridgehead atoms. The summed E-state index contributed by atoms with van der Waals surface area (Å²) >= 11 is 0. The van der Waals surface area contributed by atoms with Gasteiger partial charge < -0.3 is 10.2 Å². The van der Waals surface area contributed by atoms with Crippen LogP contribution in [0.2, 0.25) is 0 Å². The Morgan fingerprint density at radius 3 is 2.14 bits per heavy atom. The lowest BCUT2D eigenvalue weighted by Crippen LogP contribution is -2.53. The van der Waals surface area contributed by atoms with Crippen molar-refractivity contribution in [1.29, 1.82) is 0 Å². The highest BCUT2D eigenvalue weighted by Crippen LogP contribution is 2.21. The second-order valence-electron chi connectivity index (χ2n) is 10.6. The Hall–Kier alpha value is -2.87. The van der Waals surface area contributed by atoms with Gasteiger partial charge in [0, 0.05) is 25.0 Å². The van der Waals surface area contributed by atoms with Crippen LogP contribution in [-0.2, 0) is 32.6 Å². The van der Waals surface area contributed by atoms with Crippen molar-refractivity contribution in [2.45, 2.75) is 85.4 Å². The highest BCUT2D eigenvalue weighted by Gasteiger charge is 2.31. The lowest BCUT2D eigenvalue weighted by Gasteiger charge is -2.33. The second kappa shape index (κ2) is 13.1. The first-order chi connectivity index (χ1) is 17.3. The fraction of sp³-hybridized carbons (Fsp3) is 0.517. The van der Waals surface area contributed by atoms with Crippen LogP contribution in [0.3, 0.4) is 0 Å². The van der Waals surface area contributed by atoms with E-state index in [0.717, 1.165) is 23.1 Å². The Morgan fingerprint density at radius 1 is 1.00 bits per heavy atom. The van der Waals surface area contributed by atoms with Crippen molar-refractivity contribution < 1.29 is 18.0 Å². The molecule has 8 heteroatoms. The molecule has 2 aromatic carbocycles. The van der Waals surface area contributed by atoms with E-state index in [9.17, 15) is 18.0 Å². The van der Waals surface area contributed by atoms with Crippen molar-refractivity contribution in [3.8, 4) is 0 Å². The van der Waals surface area contributed by atoms with E-state index < -0.39 is 21.6 Å². The molecule has 0 saturated carbocycles. The molecule has 1 atom stereocenters. The average molecular weight is 530 g/mol. The van der Waals surface area contributed by atoms with E-state index in [4.69, 9.17) is 0 Å². The summed E-state index contributed by atoms with van der Waals surface area (Å²) < 4.78 is 26.4. The lowest BCUT2D eigenvalue weighted by molar-refractivity contribution is -0.142. The molecule has 0 aliphatic rings. The Balaban J connectivity index is 2.24. The summed E-state index contributed by atoms with van der Waals surface area (Å²) in [5, 5.41) is 3.01. The molecule has 0 heterocycles. The van der Waals surface area contributed by atoms with Gasteiger partial charge in [0.05, 0.1) is 11.9 Å². The quantitative estimate of drug-likeness (QED) is 0.427. The minimum Gasteiger partial charge on any atom is -0.350 e. The number of aryl methyl sites for hydroxylation is 2. The SMILES string of the molecule is CCc1ccc(N(CCCC(=O)N(Cc2ccccc2C)C(CC)C(=O)NC(C)(C)C)S(C)(=O)=O)cc1. The third kappa shape index (κ3) is 9.18. The molecule has 2 aromatic rings. The number of benzene rings is 2. The predicted octanol–water partition coefficient (Wildman–Crippen LogP) is 4.83. The Morgan fingerprint density at radius 2 is 1.62 bits per heavy atom. The van der Waals surface area contributed by atoms with Gasteiger partial charge in [0.2, 0.25) is 21.8 Å². The van der Waals surface area contributed by atoms with Gasteiger partial charge in [0.25, 0.3) is 0 Å². The summed E-state index contributed by atoms with van der Waals surface area (Å²) in [6.07, 6.45) is 2.98. The Kier molecular flexibility index (Phi) is 10.7. The largest absolute Gasteiger partial charge is 0.350 e. The number of carbonyl (C=O) groups excluding carboxylic acids is 2. The van der Waals surface area contributed by atoms with E-state index >= 15 is 0 Å². The summed E-state index contributed by atoms with van der Waals surface area (Å²) in [5.74, 6) is -0.361. The number of sulfonamides is 1. The van der Waals surface area contributed by atoms with Gasteiger partial charge >= 0.3 is 0 Å². The van der Waals surface area contributed by atoms with Crippen LogP contribution in [0, 0.1) is 6.92 Å². The van der Waals surface area contributed by atoms with Gasteiger partial charge in [-0.15, -0.1) is 0 Å². The van der Waals surface area contributed by atoms with Crippen LogP contribution < -0.4 is 9.62 Å². The van der Waals surface area contributed by atoms with E-state index in [-0.39, 0.29) is 24.8 Å². The van der Waals surface area contributed by atoms with E-state index in [0.29, 0.717) is 25.1 Å². The standard InChI is InChI=1S/C29H43N3O4S/c1-8-23-16-18-25(19-17-23)32(37(7,35)36)20-12-15-27(33)31(21-24-14-11-10-13-22(24)3)26(9-2)28(34)30-29(4,5)6/h10-11,13-14,16-19,26H,8-9,12,15,20-21H2,1-7H3,(H,30,34). The first-order valence-corrected chi connectivity index (χ1v) is 14.8. The monoisotopic (exact) mass is 529 g/mol. The topological polar surface area (TPSA) is 86.8 Å². The van der Waals surface area contributed by atoms with Gasteiger partial charge in [-0.1, -0.05) is 50.2 Å². The van der Waals surface area contributed by atoms with Gasteiger partial charge in [0.1, 0.15) is 6.04 Å². The third-order valence-electron chi connectivity index (χ3n) is 6.27. The zero-order chi connectivity index (χ0) is 27.8. The molecule has 0 radical (unpaired) electrons. The van der Waals surface area contributed by atoms with E-state index in [1.165, 1.54) is 10.6 Å². The first kappa shape index (κ1) is 30.4. The van der Waals surface area contributed by atoms with Crippen LogP contribution in [0.1, 0.15) is 70.6 Å². The maximum atomic E-state index is 13.6. The summed E-state index contributed by atoms with van der Waals surface area (Å²) in [7, 11) is -3.52. The summed E-state index contributed by atoms with van der Waals surface area (Å²) in [6, 6.07) is 14.6. The maximum Gasteiger partial charge on any atom is 0.243 e. The lowest BCUT2D eigenvalue weighted by atomic mass is 10.0. The number of carbonyl (C=O) groups is 2. The number of nitrogens with one attached hydrogen (secondary N) is 1. The van der Waals surface area contributed by atoms with Crippen molar-refractivity contribution in [2.75, 3.05) is 17.1 Å². The number of hydrogen-bond donors (Lipinski definition) is 1. The van der Waals surface area contributed by atoms with Crippen LogP contribution in [0.4, 0.5) is 5.69 Å². The van der Waals surface area contributed by atoms with Crippen LogP contribution >= 0.6 is 0 Å². The summed E-state index contributed by atoms with van der Waals surface area (Å²) in [4.78, 5) is 28.4. The molecule has 0 aliphatic heterocycles. The highest BCUT2D eigenvalue weighted by molar-refractivity contribution is 7.92. The number of hydrogen-bond acceptors (Lipinski definition) is 4. The van der Waals surface area contributed by atoms with Gasteiger partial charge in [0.15, 0.2) is 0 Å². The van der Waals surface area contributed by atoms with Crippen molar-refractivity contribution in [3.05, 3.63) is 65.2 Å². The first-order valence-electron chi connectivity index (χ1n) is 13.0. The van der Waals surface area contributed by atoms with E-state index in [1.807, 2.05) is 77.9 Å². The van der Waals surface area contributed by atoms with Crippen molar-refractivity contribution in [3.63, 3.8) is 0 Å². The molecule has 0 saturated heterocycles. The number of anilines is 1. The van der Waals surface area contributed by atoms with Crippen molar-refractivity contribution >= 4 is 27.5 Å². The van der Waals surface area contributed by atoms with E-state index in [1.54, 1.807) is 17.0 Å². The van der Waals surface area contributed by atoms with Crippen molar-refractivity contribution in [1.82, 2.24) is 10.2 Å². The molecule has 0 fully saturated rings. The molecule has 7 nitrogen and oxygen atoms in total. The minimum atomic E-state index is -3.52. The molecular formula is C29H43N3O4S. The van der Waals surface area contributed by atoms with Crippen LogP contribution in [0.5, 0.6) is 0 Å². The molecule has 0 spiro atoms. The molecule has 2 rings (SSSR count). The zero-order valence-electron chi connectivity index (χ0n) is 23.4. The molecule has 0 aliphatic carbocycles. The highest BCUT2D eigenvalue weighted by atomic mass is 32.2.